The second kappa shape index (κ2) is 6.12. The van der Waals surface area contributed by atoms with E-state index in [0.717, 1.165) is 0 Å². The summed E-state index contributed by atoms with van der Waals surface area (Å²) >= 11 is 0. The van der Waals surface area contributed by atoms with Gasteiger partial charge in [0.05, 0.1) is 6.61 Å². The molecule has 0 aliphatic rings. The fourth-order valence-corrected chi connectivity index (χ4v) is 0.750. The minimum absolute atomic E-state index is 0.230. The van der Waals surface area contributed by atoms with E-state index in [4.69, 9.17) is 0 Å². The zero-order chi connectivity index (χ0) is 11.1. The van der Waals surface area contributed by atoms with Crippen LogP contribution in [0.1, 0.15) is 27.2 Å². The number of ether oxygens (including phenoxy) is 2. The molecule has 0 spiro atoms. The van der Waals surface area contributed by atoms with E-state index in [-0.39, 0.29) is 18.8 Å². The lowest BCUT2D eigenvalue weighted by molar-refractivity contribution is -0.166. The zero-order valence-corrected chi connectivity index (χ0v) is 8.53. The Bertz CT molecular complexity index is 233. The SMILES string of the molecule is CCOC(=O)C(C)OC(=O)CC(C)=O. The van der Waals surface area contributed by atoms with E-state index in [1.54, 1.807) is 6.92 Å². The van der Waals surface area contributed by atoms with Gasteiger partial charge in [-0.1, -0.05) is 0 Å². The topological polar surface area (TPSA) is 69.7 Å². The van der Waals surface area contributed by atoms with Crippen molar-refractivity contribution in [3.8, 4) is 0 Å². The highest BCUT2D eigenvalue weighted by Gasteiger charge is 2.19. The molecular formula is C9H14O5. The van der Waals surface area contributed by atoms with Crippen LogP contribution in [0.3, 0.4) is 0 Å². The summed E-state index contributed by atoms with van der Waals surface area (Å²) in [5, 5.41) is 0. The molecule has 0 aliphatic carbocycles. The molecular weight excluding hydrogens is 188 g/mol. The summed E-state index contributed by atoms with van der Waals surface area (Å²) in [6.07, 6.45) is -1.27. The number of hydrogen-bond donors (Lipinski definition) is 0. The molecule has 0 aliphatic heterocycles. The number of hydrogen-bond acceptors (Lipinski definition) is 5. The summed E-state index contributed by atoms with van der Waals surface area (Å²) in [4.78, 5) is 32.4. The Morgan fingerprint density at radius 1 is 1.29 bits per heavy atom. The third kappa shape index (κ3) is 5.29. The van der Waals surface area contributed by atoms with Crippen LogP contribution in [0.5, 0.6) is 0 Å². The standard InChI is InChI=1S/C9H14O5/c1-4-13-9(12)7(3)14-8(11)5-6(2)10/h7H,4-5H2,1-3H3. The first kappa shape index (κ1) is 12.6. The first-order valence-corrected chi connectivity index (χ1v) is 4.33. The first-order chi connectivity index (χ1) is 6.47. The zero-order valence-electron chi connectivity index (χ0n) is 8.53. The van der Waals surface area contributed by atoms with E-state index in [0.29, 0.717) is 0 Å². The summed E-state index contributed by atoms with van der Waals surface area (Å²) < 4.78 is 9.25. The van der Waals surface area contributed by atoms with Crippen molar-refractivity contribution >= 4 is 17.7 Å². The van der Waals surface area contributed by atoms with Gasteiger partial charge in [0, 0.05) is 0 Å². The molecule has 1 unspecified atom stereocenters. The number of carbonyl (C=O) groups excluding carboxylic acids is 3. The summed E-state index contributed by atoms with van der Waals surface area (Å²) in [5.41, 5.74) is 0. The minimum Gasteiger partial charge on any atom is -0.463 e. The van der Waals surface area contributed by atoms with Crippen LogP contribution in [-0.4, -0.2) is 30.4 Å². The van der Waals surface area contributed by atoms with Gasteiger partial charge in [0.25, 0.3) is 0 Å². The number of Topliss-reactive ketones (excluding diaryl/α,β-unsaturated/α-hetero) is 1. The lowest BCUT2D eigenvalue weighted by Gasteiger charge is -2.10. The Balaban J connectivity index is 3.92. The average Bonchev–Trinajstić information content (AvgIpc) is 2.02. The maximum Gasteiger partial charge on any atom is 0.347 e. The van der Waals surface area contributed by atoms with E-state index in [9.17, 15) is 14.4 Å². The molecule has 0 amide bonds. The number of carbonyl (C=O) groups is 3. The molecule has 5 nitrogen and oxygen atoms in total. The van der Waals surface area contributed by atoms with E-state index in [1.165, 1.54) is 13.8 Å². The van der Waals surface area contributed by atoms with Crippen LogP contribution in [0.25, 0.3) is 0 Å². The van der Waals surface area contributed by atoms with Crippen molar-refractivity contribution in [1.29, 1.82) is 0 Å². The first-order valence-electron chi connectivity index (χ1n) is 4.33. The average molecular weight is 202 g/mol. The molecule has 0 radical (unpaired) electrons. The lowest BCUT2D eigenvalue weighted by Crippen LogP contribution is -2.26. The summed E-state index contributed by atoms with van der Waals surface area (Å²) in [5.74, 6) is -1.62. The molecule has 80 valence electrons. The maximum atomic E-state index is 11.0. The number of ketones is 1. The van der Waals surface area contributed by atoms with Crippen molar-refractivity contribution in [3.63, 3.8) is 0 Å². The normalized spacial score (nSPS) is 11.6. The van der Waals surface area contributed by atoms with Crippen LogP contribution in [-0.2, 0) is 23.9 Å². The van der Waals surface area contributed by atoms with Crippen LogP contribution in [0.4, 0.5) is 0 Å². The predicted octanol–water partition coefficient (Wildman–Crippen LogP) is 0.460. The predicted molar refractivity (Wildman–Crippen MR) is 47.5 cm³/mol. The van der Waals surface area contributed by atoms with Gasteiger partial charge >= 0.3 is 11.9 Å². The molecule has 1 atom stereocenters. The van der Waals surface area contributed by atoms with Crippen molar-refractivity contribution in [2.45, 2.75) is 33.3 Å². The number of esters is 2. The van der Waals surface area contributed by atoms with Gasteiger partial charge in [0.1, 0.15) is 12.2 Å². The summed E-state index contributed by atoms with van der Waals surface area (Å²) in [7, 11) is 0. The van der Waals surface area contributed by atoms with Gasteiger partial charge in [-0.25, -0.2) is 4.79 Å². The Morgan fingerprint density at radius 2 is 1.86 bits per heavy atom. The third-order valence-electron chi connectivity index (χ3n) is 1.32. The van der Waals surface area contributed by atoms with E-state index in [1.807, 2.05) is 0 Å². The molecule has 5 heteroatoms. The molecule has 0 heterocycles. The van der Waals surface area contributed by atoms with Crippen LogP contribution >= 0.6 is 0 Å². The molecule has 0 N–H and O–H groups in total. The Kier molecular flexibility index (Phi) is 5.52. The second-order valence-corrected chi connectivity index (χ2v) is 2.76. The second-order valence-electron chi connectivity index (χ2n) is 2.76. The molecule has 0 aromatic carbocycles. The Labute approximate surface area is 82.4 Å². The lowest BCUT2D eigenvalue weighted by atomic mass is 10.3. The molecule has 0 aromatic rings. The molecule has 0 fully saturated rings. The van der Waals surface area contributed by atoms with Crippen molar-refractivity contribution in [2.24, 2.45) is 0 Å². The Morgan fingerprint density at radius 3 is 2.29 bits per heavy atom. The van der Waals surface area contributed by atoms with Crippen LogP contribution in [0.15, 0.2) is 0 Å². The highest BCUT2D eigenvalue weighted by atomic mass is 16.6. The van der Waals surface area contributed by atoms with Gasteiger partial charge < -0.3 is 9.47 Å². The van der Waals surface area contributed by atoms with Crippen LogP contribution in [0, 0.1) is 0 Å². The molecule has 14 heavy (non-hydrogen) atoms. The summed E-state index contributed by atoms with van der Waals surface area (Å²) in [6.45, 7) is 4.56. The van der Waals surface area contributed by atoms with Crippen LogP contribution in [0.2, 0.25) is 0 Å². The smallest absolute Gasteiger partial charge is 0.347 e. The van der Waals surface area contributed by atoms with Crippen molar-refractivity contribution in [2.75, 3.05) is 6.61 Å². The third-order valence-corrected chi connectivity index (χ3v) is 1.32. The van der Waals surface area contributed by atoms with Gasteiger partial charge in [-0.2, -0.15) is 0 Å². The number of rotatable bonds is 5. The molecule has 0 rings (SSSR count). The fraction of sp³-hybridized carbons (Fsp3) is 0.667. The van der Waals surface area contributed by atoms with Crippen molar-refractivity contribution in [3.05, 3.63) is 0 Å². The van der Waals surface area contributed by atoms with Gasteiger partial charge in [-0.15, -0.1) is 0 Å². The highest BCUT2D eigenvalue weighted by Crippen LogP contribution is 1.98. The quantitative estimate of drug-likeness (QED) is 0.478. The molecule has 0 saturated carbocycles. The Hall–Kier alpha value is -1.39. The monoisotopic (exact) mass is 202 g/mol. The minimum atomic E-state index is -0.957. The summed E-state index contributed by atoms with van der Waals surface area (Å²) in [6, 6.07) is 0. The van der Waals surface area contributed by atoms with E-state index >= 15 is 0 Å². The molecule has 0 aromatic heterocycles. The van der Waals surface area contributed by atoms with Gasteiger partial charge in [-0.05, 0) is 20.8 Å². The van der Waals surface area contributed by atoms with Gasteiger partial charge in [-0.3, -0.25) is 9.59 Å². The fourth-order valence-electron chi connectivity index (χ4n) is 0.750. The van der Waals surface area contributed by atoms with Crippen molar-refractivity contribution in [1.82, 2.24) is 0 Å². The molecule has 0 bridgehead atoms. The molecule has 0 saturated heterocycles. The van der Waals surface area contributed by atoms with Crippen LogP contribution < -0.4 is 0 Å². The van der Waals surface area contributed by atoms with E-state index in [2.05, 4.69) is 9.47 Å². The largest absolute Gasteiger partial charge is 0.463 e. The highest BCUT2D eigenvalue weighted by molar-refractivity contribution is 5.94. The van der Waals surface area contributed by atoms with Gasteiger partial charge in [0.15, 0.2) is 6.10 Å². The van der Waals surface area contributed by atoms with E-state index < -0.39 is 18.0 Å². The van der Waals surface area contributed by atoms with Gasteiger partial charge in [0.2, 0.25) is 0 Å². The van der Waals surface area contributed by atoms with Crippen molar-refractivity contribution < 1.29 is 23.9 Å². The maximum absolute atomic E-state index is 11.0.